The number of rotatable bonds is 2. The van der Waals surface area contributed by atoms with E-state index in [2.05, 4.69) is 5.32 Å². The van der Waals surface area contributed by atoms with Crippen LogP contribution < -0.4 is 5.32 Å². The minimum absolute atomic E-state index is 0.218. The average molecular weight is 233 g/mol. The Labute approximate surface area is 102 Å². The zero-order valence-corrected chi connectivity index (χ0v) is 10.3. The first-order chi connectivity index (χ1) is 8.22. The van der Waals surface area contributed by atoms with E-state index in [1.165, 1.54) is 12.8 Å². The van der Waals surface area contributed by atoms with E-state index < -0.39 is 6.17 Å². The van der Waals surface area contributed by atoms with Crippen molar-refractivity contribution in [2.75, 3.05) is 0 Å². The Morgan fingerprint density at radius 3 is 2.59 bits per heavy atom. The molecular weight excluding hydrogens is 213 g/mol. The van der Waals surface area contributed by atoms with Gasteiger partial charge in [-0.15, -0.1) is 0 Å². The molecule has 0 spiro atoms. The molecule has 2 fully saturated rings. The highest BCUT2D eigenvalue weighted by Gasteiger charge is 2.37. The second kappa shape index (κ2) is 4.41. The van der Waals surface area contributed by atoms with Crippen molar-refractivity contribution >= 4 is 0 Å². The van der Waals surface area contributed by atoms with Crippen LogP contribution in [0.25, 0.3) is 0 Å². The molecule has 2 aliphatic heterocycles. The molecule has 0 radical (unpaired) electrons. The Bertz CT molecular complexity index is 392. The van der Waals surface area contributed by atoms with Gasteiger partial charge in [0, 0.05) is 12.1 Å². The molecular formula is C15H20FN. The minimum atomic E-state index is -0.778. The molecule has 17 heavy (non-hydrogen) atoms. The summed E-state index contributed by atoms with van der Waals surface area (Å²) < 4.78 is 14.5. The summed E-state index contributed by atoms with van der Waals surface area (Å²) in [6.45, 7) is 2.03. The maximum atomic E-state index is 14.5. The smallest absolute Gasteiger partial charge is 0.128 e. The SMILES string of the molecule is Cc1cccc(C(F)C2CC3CCC(C2)N3)c1. The van der Waals surface area contributed by atoms with Crippen molar-refractivity contribution in [1.29, 1.82) is 0 Å². The van der Waals surface area contributed by atoms with E-state index in [4.69, 9.17) is 0 Å². The Morgan fingerprint density at radius 2 is 1.94 bits per heavy atom. The molecule has 2 heterocycles. The monoisotopic (exact) mass is 233 g/mol. The number of alkyl halides is 1. The quantitative estimate of drug-likeness (QED) is 0.824. The van der Waals surface area contributed by atoms with Crippen LogP contribution in [0.4, 0.5) is 4.39 Å². The number of nitrogens with one attached hydrogen (secondary N) is 1. The van der Waals surface area contributed by atoms with Gasteiger partial charge in [-0.2, -0.15) is 0 Å². The van der Waals surface area contributed by atoms with Crippen LogP contribution in [0.5, 0.6) is 0 Å². The molecule has 0 aliphatic carbocycles. The normalized spacial score (nSPS) is 33.6. The van der Waals surface area contributed by atoms with Crippen LogP contribution >= 0.6 is 0 Å². The molecule has 0 saturated carbocycles. The fourth-order valence-electron chi connectivity index (χ4n) is 3.45. The fourth-order valence-corrected chi connectivity index (χ4v) is 3.45. The highest BCUT2D eigenvalue weighted by atomic mass is 19.1. The number of hydrogen-bond acceptors (Lipinski definition) is 1. The molecule has 92 valence electrons. The van der Waals surface area contributed by atoms with E-state index in [1.807, 2.05) is 31.2 Å². The largest absolute Gasteiger partial charge is 0.311 e. The number of hydrogen-bond donors (Lipinski definition) is 1. The zero-order chi connectivity index (χ0) is 11.8. The van der Waals surface area contributed by atoms with Crippen molar-refractivity contribution in [2.24, 2.45) is 5.92 Å². The Balaban J connectivity index is 1.76. The minimum Gasteiger partial charge on any atom is -0.311 e. The van der Waals surface area contributed by atoms with Crippen molar-refractivity contribution < 1.29 is 4.39 Å². The lowest BCUT2D eigenvalue weighted by atomic mass is 9.85. The van der Waals surface area contributed by atoms with Crippen LogP contribution in [-0.2, 0) is 0 Å². The highest BCUT2D eigenvalue weighted by molar-refractivity contribution is 5.25. The predicted octanol–water partition coefficient (Wildman–Crippen LogP) is 3.54. The van der Waals surface area contributed by atoms with Gasteiger partial charge in [0.1, 0.15) is 6.17 Å². The van der Waals surface area contributed by atoms with Gasteiger partial charge in [-0.25, -0.2) is 4.39 Å². The van der Waals surface area contributed by atoms with Gasteiger partial charge in [-0.1, -0.05) is 29.8 Å². The molecule has 1 N–H and O–H groups in total. The molecule has 2 heteroatoms. The van der Waals surface area contributed by atoms with Crippen LogP contribution in [0.2, 0.25) is 0 Å². The number of fused-ring (bicyclic) bond motifs is 2. The summed E-state index contributed by atoms with van der Waals surface area (Å²) in [5, 5.41) is 3.57. The molecule has 3 atom stereocenters. The molecule has 1 aromatic rings. The van der Waals surface area contributed by atoms with Gasteiger partial charge in [-0.3, -0.25) is 0 Å². The van der Waals surface area contributed by atoms with Crippen LogP contribution in [0.3, 0.4) is 0 Å². The number of piperidine rings is 1. The highest BCUT2D eigenvalue weighted by Crippen LogP contribution is 2.40. The Hall–Kier alpha value is -0.890. The van der Waals surface area contributed by atoms with Crippen molar-refractivity contribution in [2.45, 2.75) is 50.9 Å². The summed E-state index contributed by atoms with van der Waals surface area (Å²) in [5.41, 5.74) is 2.03. The van der Waals surface area contributed by atoms with Crippen molar-refractivity contribution in [3.05, 3.63) is 35.4 Å². The van der Waals surface area contributed by atoms with E-state index >= 15 is 0 Å². The lowest BCUT2D eigenvalue weighted by molar-refractivity contribution is 0.164. The van der Waals surface area contributed by atoms with Crippen molar-refractivity contribution in [1.82, 2.24) is 5.32 Å². The van der Waals surface area contributed by atoms with Crippen molar-refractivity contribution in [3.8, 4) is 0 Å². The van der Waals surface area contributed by atoms with Crippen LogP contribution in [-0.4, -0.2) is 12.1 Å². The van der Waals surface area contributed by atoms with Gasteiger partial charge in [0.15, 0.2) is 0 Å². The van der Waals surface area contributed by atoms with Crippen LogP contribution in [0.15, 0.2) is 24.3 Å². The average Bonchev–Trinajstić information content (AvgIpc) is 2.67. The van der Waals surface area contributed by atoms with E-state index in [1.54, 1.807) is 0 Å². The maximum absolute atomic E-state index is 14.5. The third-order valence-electron chi connectivity index (χ3n) is 4.28. The molecule has 3 unspecified atom stereocenters. The summed E-state index contributed by atoms with van der Waals surface area (Å²) in [6.07, 6.45) is 3.71. The topological polar surface area (TPSA) is 12.0 Å². The maximum Gasteiger partial charge on any atom is 0.128 e. The first-order valence-electron chi connectivity index (χ1n) is 6.69. The molecule has 3 rings (SSSR count). The summed E-state index contributed by atoms with van der Waals surface area (Å²) in [6, 6.07) is 9.06. The molecule has 0 aromatic heterocycles. The van der Waals surface area contributed by atoms with Gasteiger partial charge in [0.2, 0.25) is 0 Å². The molecule has 1 aromatic carbocycles. The van der Waals surface area contributed by atoms with E-state index in [-0.39, 0.29) is 5.92 Å². The molecule has 2 saturated heterocycles. The lowest BCUT2D eigenvalue weighted by Crippen LogP contribution is -2.39. The van der Waals surface area contributed by atoms with Gasteiger partial charge in [0.25, 0.3) is 0 Å². The second-order valence-electron chi connectivity index (χ2n) is 5.69. The summed E-state index contributed by atoms with van der Waals surface area (Å²) in [4.78, 5) is 0. The van der Waals surface area contributed by atoms with Gasteiger partial charge < -0.3 is 5.32 Å². The van der Waals surface area contributed by atoms with Gasteiger partial charge >= 0.3 is 0 Å². The molecule has 1 nitrogen and oxygen atoms in total. The summed E-state index contributed by atoms with van der Waals surface area (Å²) in [7, 11) is 0. The van der Waals surface area contributed by atoms with Crippen LogP contribution in [0, 0.1) is 12.8 Å². The zero-order valence-electron chi connectivity index (χ0n) is 10.3. The second-order valence-corrected chi connectivity index (χ2v) is 5.69. The summed E-state index contributed by atoms with van der Waals surface area (Å²) >= 11 is 0. The molecule has 0 amide bonds. The molecule has 2 bridgehead atoms. The van der Waals surface area contributed by atoms with Gasteiger partial charge in [0.05, 0.1) is 0 Å². The van der Waals surface area contributed by atoms with Gasteiger partial charge in [-0.05, 0) is 44.1 Å². The Kier molecular flexibility index (Phi) is 2.91. The van der Waals surface area contributed by atoms with E-state index in [0.717, 1.165) is 24.0 Å². The Morgan fingerprint density at radius 1 is 1.24 bits per heavy atom. The first kappa shape index (κ1) is 11.2. The first-order valence-corrected chi connectivity index (χ1v) is 6.69. The number of benzene rings is 1. The van der Waals surface area contributed by atoms with E-state index in [0.29, 0.717) is 12.1 Å². The number of halogens is 1. The third kappa shape index (κ3) is 2.23. The van der Waals surface area contributed by atoms with Crippen LogP contribution in [0.1, 0.15) is 43.0 Å². The third-order valence-corrected chi connectivity index (χ3v) is 4.28. The summed E-state index contributed by atoms with van der Waals surface area (Å²) in [5.74, 6) is 0.218. The fraction of sp³-hybridized carbons (Fsp3) is 0.600. The standard InChI is InChI=1S/C15H20FN/c1-10-3-2-4-11(7-10)15(16)12-8-13-5-6-14(9-12)17-13/h2-4,7,12-15,17H,5-6,8-9H2,1H3. The molecule has 2 aliphatic rings. The predicted molar refractivity (Wildman–Crippen MR) is 67.7 cm³/mol. The number of aryl methyl sites for hydroxylation is 1. The van der Waals surface area contributed by atoms with Crippen molar-refractivity contribution in [3.63, 3.8) is 0 Å². The van der Waals surface area contributed by atoms with E-state index in [9.17, 15) is 4.39 Å². The lowest BCUT2D eigenvalue weighted by Gasteiger charge is -2.31.